The Bertz CT molecular complexity index is 664. The van der Waals surface area contributed by atoms with E-state index >= 15 is 0 Å². The van der Waals surface area contributed by atoms with E-state index in [0.29, 0.717) is 24.7 Å². The predicted octanol–water partition coefficient (Wildman–Crippen LogP) is 3.80. The lowest BCUT2D eigenvalue weighted by atomic mass is 9.45. The zero-order chi connectivity index (χ0) is 18.2. The van der Waals surface area contributed by atoms with E-state index in [1.165, 1.54) is 5.57 Å². The van der Waals surface area contributed by atoms with Crippen LogP contribution < -0.4 is 0 Å². The molecule has 4 aliphatic carbocycles. The van der Waals surface area contributed by atoms with E-state index in [0.717, 1.165) is 37.7 Å². The molecular weight excluding hydrogens is 312 g/mol. The number of ketones is 1. The number of rotatable bonds is 1. The van der Waals surface area contributed by atoms with Gasteiger partial charge in [-0.2, -0.15) is 0 Å². The topological polar surface area (TPSA) is 57.5 Å². The van der Waals surface area contributed by atoms with Gasteiger partial charge in [-0.1, -0.05) is 26.0 Å². The minimum atomic E-state index is -0.858. The Labute approximate surface area is 151 Å². The second kappa shape index (κ2) is 5.29. The van der Waals surface area contributed by atoms with Gasteiger partial charge in [0, 0.05) is 11.8 Å². The SMILES string of the molecule is C=C(C)[C@]1(O)CC[C@@H]2[C@H]3CCC4=CC(=O)CC[C@]4(C)[C@@H]3[C@@H](O)C[C@]21C. The second-order valence-corrected chi connectivity index (χ2v) is 9.76. The van der Waals surface area contributed by atoms with Crippen LogP contribution in [0.25, 0.3) is 0 Å². The fourth-order valence-corrected chi connectivity index (χ4v) is 7.39. The summed E-state index contributed by atoms with van der Waals surface area (Å²) in [5, 5.41) is 22.6. The van der Waals surface area contributed by atoms with Gasteiger partial charge in [0.2, 0.25) is 0 Å². The van der Waals surface area contributed by atoms with Crippen LogP contribution in [-0.2, 0) is 4.79 Å². The molecule has 0 amide bonds. The van der Waals surface area contributed by atoms with Crippen LogP contribution >= 0.6 is 0 Å². The lowest BCUT2D eigenvalue weighted by Crippen LogP contribution is -2.60. The van der Waals surface area contributed by atoms with E-state index in [4.69, 9.17) is 0 Å². The van der Waals surface area contributed by atoms with Gasteiger partial charge in [-0.3, -0.25) is 4.79 Å². The first kappa shape index (κ1) is 17.5. The maximum absolute atomic E-state index is 11.9. The molecule has 4 rings (SSSR count). The van der Waals surface area contributed by atoms with Gasteiger partial charge < -0.3 is 10.2 Å². The van der Waals surface area contributed by atoms with Crippen molar-refractivity contribution in [2.75, 3.05) is 0 Å². The first-order valence-corrected chi connectivity index (χ1v) is 9.94. The molecule has 7 atom stereocenters. The Morgan fingerprint density at radius 2 is 1.96 bits per heavy atom. The first-order chi connectivity index (χ1) is 11.6. The Balaban J connectivity index is 1.75. The number of allylic oxidation sites excluding steroid dienone is 1. The van der Waals surface area contributed by atoms with Crippen LogP contribution in [-0.4, -0.2) is 27.7 Å². The quantitative estimate of drug-likeness (QED) is 0.712. The molecular formula is C22H32O3. The number of aliphatic hydroxyl groups excluding tert-OH is 1. The van der Waals surface area contributed by atoms with Crippen LogP contribution in [0.1, 0.15) is 65.7 Å². The predicted molar refractivity (Wildman–Crippen MR) is 97.9 cm³/mol. The number of hydrogen-bond donors (Lipinski definition) is 2. The lowest BCUT2D eigenvalue weighted by Gasteiger charge is -2.60. The largest absolute Gasteiger partial charge is 0.393 e. The molecule has 138 valence electrons. The summed E-state index contributed by atoms with van der Waals surface area (Å²) in [5.74, 6) is 1.32. The van der Waals surface area contributed by atoms with E-state index in [-0.39, 0.29) is 22.5 Å². The second-order valence-electron chi connectivity index (χ2n) is 9.76. The molecule has 0 bridgehead atoms. The molecule has 2 N–H and O–H groups in total. The first-order valence-electron chi connectivity index (χ1n) is 9.94. The molecule has 3 nitrogen and oxygen atoms in total. The number of carbonyl (C=O) groups excluding carboxylic acids is 1. The van der Waals surface area contributed by atoms with E-state index in [1.807, 2.05) is 13.0 Å². The third-order valence-corrected chi connectivity index (χ3v) is 8.75. The fourth-order valence-electron chi connectivity index (χ4n) is 7.39. The molecule has 0 saturated heterocycles. The van der Waals surface area contributed by atoms with E-state index < -0.39 is 11.7 Å². The van der Waals surface area contributed by atoms with Crippen molar-refractivity contribution in [1.29, 1.82) is 0 Å². The highest BCUT2D eigenvalue weighted by molar-refractivity contribution is 5.91. The molecule has 3 saturated carbocycles. The summed E-state index contributed by atoms with van der Waals surface area (Å²) in [6.45, 7) is 10.5. The highest BCUT2D eigenvalue weighted by Gasteiger charge is 2.66. The van der Waals surface area contributed by atoms with Crippen molar-refractivity contribution in [2.24, 2.45) is 28.6 Å². The molecule has 4 aliphatic rings. The molecule has 0 aromatic heterocycles. The molecule has 0 spiro atoms. The summed E-state index contributed by atoms with van der Waals surface area (Å²) in [6.07, 6.45) is 7.34. The van der Waals surface area contributed by atoms with Crippen LogP contribution in [0, 0.1) is 28.6 Å². The zero-order valence-electron chi connectivity index (χ0n) is 15.8. The van der Waals surface area contributed by atoms with Crippen LogP contribution in [0.2, 0.25) is 0 Å². The normalized spacial score (nSPS) is 52.0. The Kier molecular flexibility index (Phi) is 3.70. The smallest absolute Gasteiger partial charge is 0.155 e. The number of fused-ring (bicyclic) bond motifs is 5. The van der Waals surface area contributed by atoms with Crippen LogP contribution in [0.15, 0.2) is 23.8 Å². The molecule has 0 heterocycles. The summed E-state index contributed by atoms with van der Waals surface area (Å²) in [6, 6.07) is 0. The van der Waals surface area contributed by atoms with Gasteiger partial charge in [0.1, 0.15) is 0 Å². The van der Waals surface area contributed by atoms with Gasteiger partial charge in [-0.05, 0) is 80.3 Å². The van der Waals surface area contributed by atoms with Gasteiger partial charge in [0.05, 0.1) is 11.7 Å². The van der Waals surface area contributed by atoms with Crippen LogP contribution in [0.3, 0.4) is 0 Å². The minimum Gasteiger partial charge on any atom is -0.393 e. The molecule has 3 heteroatoms. The van der Waals surface area contributed by atoms with Crippen LogP contribution in [0.5, 0.6) is 0 Å². The van der Waals surface area contributed by atoms with Crippen molar-refractivity contribution in [3.63, 3.8) is 0 Å². The highest BCUT2D eigenvalue weighted by Crippen LogP contribution is 2.68. The molecule has 0 radical (unpaired) electrons. The standard InChI is InChI=1S/C22H32O3/c1-13(2)22(25)10-8-17-16-6-5-14-11-15(23)7-9-20(14,3)19(16)18(24)12-21(17,22)4/h11,16-19,24-25H,1,5-10,12H2,2-4H3/t16-,17-,18+,19+,20+,21-,22-/m1/s1. The highest BCUT2D eigenvalue weighted by atomic mass is 16.3. The van der Waals surface area contributed by atoms with Gasteiger partial charge in [0.15, 0.2) is 5.78 Å². The van der Waals surface area contributed by atoms with E-state index in [2.05, 4.69) is 20.4 Å². The van der Waals surface area contributed by atoms with E-state index in [9.17, 15) is 15.0 Å². The van der Waals surface area contributed by atoms with E-state index in [1.54, 1.807) is 0 Å². The molecule has 25 heavy (non-hydrogen) atoms. The Morgan fingerprint density at radius 3 is 2.64 bits per heavy atom. The molecule has 0 unspecified atom stereocenters. The minimum absolute atomic E-state index is 0.0541. The number of carbonyl (C=O) groups is 1. The maximum atomic E-state index is 11.9. The number of aliphatic hydroxyl groups is 2. The van der Waals surface area contributed by atoms with Crippen molar-refractivity contribution in [3.05, 3.63) is 23.8 Å². The fraction of sp³-hybridized carbons (Fsp3) is 0.773. The van der Waals surface area contributed by atoms with Crippen molar-refractivity contribution < 1.29 is 15.0 Å². The average Bonchev–Trinajstić information content (AvgIpc) is 2.80. The summed E-state index contributed by atoms with van der Waals surface area (Å²) >= 11 is 0. The van der Waals surface area contributed by atoms with Crippen molar-refractivity contribution in [1.82, 2.24) is 0 Å². The molecule has 0 aromatic carbocycles. The monoisotopic (exact) mass is 344 g/mol. The third kappa shape index (κ3) is 2.09. The molecule has 0 aliphatic heterocycles. The van der Waals surface area contributed by atoms with Gasteiger partial charge in [0.25, 0.3) is 0 Å². The van der Waals surface area contributed by atoms with Crippen LogP contribution in [0.4, 0.5) is 0 Å². The third-order valence-electron chi connectivity index (χ3n) is 8.75. The summed E-state index contributed by atoms with van der Waals surface area (Å²) in [5.41, 5.74) is 0.904. The van der Waals surface area contributed by atoms with Gasteiger partial charge in [-0.25, -0.2) is 0 Å². The molecule has 0 aromatic rings. The summed E-state index contributed by atoms with van der Waals surface area (Å²) in [4.78, 5) is 11.9. The molecule has 3 fully saturated rings. The van der Waals surface area contributed by atoms with Gasteiger partial charge >= 0.3 is 0 Å². The Hall–Kier alpha value is -0.930. The van der Waals surface area contributed by atoms with Crippen molar-refractivity contribution >= 4 is 5.78 Å². The average molecular weight is 344 g/mol. The van der Waals surface area contributed by atoms with Gasteiger partial charge in [-0.15, -0.1) is 0 Å². The summed E-state index contributed by atoms with van der Waals surface area (Å²) in [7, 11) is 0. The maximum Gasteiger partial charge on any atom is 0.155 e. The van der Waals surface area contributed by atoms with Crippen molar-refractivity contribution in [3.8, 4) is 0 Å². The lowest BCUT2D eigenvalue weighted by molar-refractivity contribution is -0.160. The zero-order valence-corrected chi connectivity index (χ0v) is 15.8. The number of hydrogen-bond acceptors (Lipinski definition) is 3. The van der Waals surface area contributed by atoms with Crippen molar-refractivity contribution in [2.45, 2.75) is 77.4 Å². The Morgan fingerprint density at radius 1 is 1.24 bits per heavy atom. The summed E-state index contributed by atoms with van der Waals surface area (Å²) < 4.78 is 0.